The number of urea groups is 1. The second-order valence-electron chi connectivity index (χ2n) is 6.22. The summed E-state index contributed by atoms with van der Waals surface area (Å²) in [7, 11) is 0. The van der Waals surface area contributed by atoms with Gasteiger partial charge in [-0.25, -0.2) is 4.79 Å². The summed E-state index contributed by atoms with van der Waals surface area (Å²) in [4.78, 5) is 28.7. The van der Waals surface area contributed by atoms with Gasteiger partial charge in [-0.1, -0.05) is 19.3 Å². The highest BCUT2D eigenvalue weighted by atomic mass is 16.3. The number of pyridine rings is 1. The lowest BCUT2D eigenvalue weighted by Gasteiger charge is -2.29. The largest absolute Gasteiger partial charge is 0.505 e. The van der Waals surface area contributed by atoms with Crippen LogP contribution in [0.4, 0.5) is 4.79 Å². The fourth-order valence-corrected chi connectivity index (χ4v) is 3.24. The van der Waals surface area contributed by atoms with Crippen molar-refractivity contribution in [2.75, 3.05) is 0 Å². The molecule has 0 unspecified atom stereocenters. The van der Waals surface area contributed by atoms with Crippen molar-refractivity contribution in [2.24, 2.45) is 5.10 Å². The highest BCUT2D eigenvalue weighted by molar-refractivity contribution is 6.07. The first-order valence-corrected chi connectivity index (χ1v) is 7.97. The third-order valence-electron chi connectivity index (χ3n) is 4.68. The number of hydrazone groups is 1. The summed E-state index contributed by atoms with van der Waals surface area (Å²) in [6, 6.07) is -0.561. The van der Waals surface area contributed by atoms with E-state index in [1.165, 1.54) is 12.4 Å². The highest BCUT2D eigenvalue weighted by Gasteiger charge is 2.51. The minimum atomic E-state index is -0.845. The number of aliphatic hydroxyl groups is 1. The number of nitrogens with zero attached hydrogens (tertiary/aromatic N) is 3. The summed E-state index contributed by atoms with van der Waals surface area (Å²) in [5.74, 6) is -0.496. The molecule has 0 bridgehead atoms. The predicted molar refractivity (Wildman–Crippen MR) is 85.3 cm³/mol. The van der Waals surface area contributed by atoms with E-state index in [0.29, 0.717) is 24.1 Å². The number of hydrogen-bond acceptors (Lipinski definition) is 6. The van der Waals surface area contributed by atoms with E-state index < -0.39 is 11.6 Å². The zero-order valence-corrected chi connectivity index (χ0v) is 13.4. The number of carbonyl (C=O) groups is 2. The van der Waals surface area contributed by atoms with Crippen LogP contribution in [0, 0.1) is 6.92 Å². The molecule has 8 heteroatoms. The molecule has 1 aliphatic heterocycles. The molecular formula is C16H20N4O4. The lowest BCUT2D eigenvalue weighted by atomic mass is 9.82. The molecule has 1 saturated carbocycles. The van der Waals surface area contributed by atoms with Gasteiger partial charge in [0.05, 0.1) is 18.5 Å². The van der Waals surface area contributed by atoms with E-state index in [1.54, 1.807) is 6.92 Å². The minimum absolute atomic E-state index is 0.135. The van der Waals surface area contributed by atoms with Crippen LogP contribution in [0.25, 0.3) is 0 Å². The number of hydrogen-bond donors (Lipinski definition) is 3. The molecular weight excluding hydrogens is 312 g/mol. The van der Waals surface area contributed by atoms with Crippen molar-refractivity contribution in [1.82, 2.24) is 15.3 Å². The Labute approximate surface area is 139 Å². The SMILES string of the molecule is Cc1ncc(CO)c(/C=N/N2C(=O)NC3(CCCCC3)C2=O)c1O. The van der Waals surface area contributed by atoms with Gasteiger partial charge in [0.2, 0.25) is 0 Å². The standard InChI is InChI=1S/C16H20N4O4/c1-10-13(22)12(11(9-21)7-17-10)8-18-20-14(23)16(19-15(20)24)5-3-2-4-6-16/h7-8,21-22H,2-6,9H2,1H3,(H,19,24)/b18-8+. The molecule has 1 saturated heterocycles. The molecule has 2 fully saturated rings. The molecule has 0 atom stereocenters. The Hall–Kier alpha value is -2.48. The Kier molecular flexibility index (Phi) is 4.23. The lowest BCUT2D eigenvalue weighted by molar-refractivity contribution is -0.132. The maximum atomic E-state index is 12.6. The lowest BCUT2D eigenvalue weighted by Crippen LogP contribution is -2.48. The highest BCUT2D eigenvalue weighted by Crippen LogP contribution is 2.33. The summed E-state index contributed by atoms with van der Waals surface area (Å²) in [5.41, 5.74) is 0.133. The second kappa shape index (κ2) is 6.20. The van der Waals surface area contributed by atoms with Gasteiger partial charge >= 0.3 is 6.03 Å². The Morgan fingerprint density at radius 3 is 2.75 bits per heavy atom. The summed E-state index contributed by atoms with van der Waals surface area (Å²) in [6.07, 6.45) is 6.71. The maximum absolute atomic E-state index is 12.6. The number of nitrogens with one attached hydrogen (secondary N) is 1. The van der Waals surface area contributed by atoms with Gasteiger partial charge in [0.15, 0.2) is 0 Å². The van der Waals surface area contributed by atoms with E-state index in [1.807, 2.05) is 0 Å². The van der Waals surface area contributed by atoms with Gasteiger partial charge in [-0.15, -0.1) is 5.01 Å². The molecule has 1 aliphatic carbocycles. The summed E-state index contributed by atoms with van der Waals surface area (Å²) < 4.78 is 0. The van der Waals surface area contributed by atoms with Crippen LogP contribution in [0.5, 0.6) is 5.75 Å². The summed E-state index contributed by atoms with van der Waals surface area (Å²) >= 11 is 0. The van der Waals surface area contributed by atoms with E-state index >= 15 is 0 Å². The van der Waals surface area contributed by atoms with Gasteiger partial charge in [0, 0.05) is 17.3 Å². The van der Waals surface area contributed by atoms with Gasteiger partial charge in [-0.2, -0.15) is 5.10 Å². The van der Waals surface area contributed by atoms with Crippen molar-refractivity contribution in [3.63, 3.8) is 0 Å². The van der Waals surface area contributed by atoms with Gasteiger partial charge in [-0.3, -0.25) is 9.78 Å². The average Bonchev–Trinajstić information content (AvgIpc) is 2.80. The van der Waals surface area contributed by atoms with Crippen molar-refractivity contribution in [3.05, 3.63) is 23.0 Å². The monoisotopic (exact) mass is 332 g/mol. The number of amides is 3. The summed E-state index contributed by atoms with van der Waals surface area (Å²) in [5, 5.41) is 27.0. The number of aromatic nitrogens is 1. The third-order valence-corrected chi connectivity index (χ3v) is 4.68. The molecule has 2 aliphatic rings. The van der Waals surface area contributed by atoms with Crippen LogP contribution in [-0.2, 0) is 11.4 Å². The van der Waals surface area contributed by atoms with E-state index in [4.69, 9.17) is 0 Å². The molecule has 24 heavy (non-hydrogen) atoms. The molecule has 8 nitrogen and oxygen atoms in total. The van der Waals surface area contributed by atoms with Crippen molar-refractivity contribution in [3.8, 4) is 5.75 Å². The third kappa shape index (κ3) is 2.62. The number of imide groups is 1. The van der Waals surface area contributed by atoms with Crippen LogP contribution in [0.3, 0.4) is 0 Å². The van der Waals surface area contributed by atoms with Crippen molar-refractivity contribution >= 4 is 18.2 Å². The first-order chi connectivity index (χ1) is 11.5. The molecule has 1 aromatic heterocycles. The maximum Gasteiger partial charge on any atom is 0.346 e. The van der Waals surface area contributed by atoms with Gasteiger partial charge < -0.3 is 15.5 Å². The summed E-state index contributed by atoms with van der Waals surface area (Å²) in [6.45, 7) is 1.27. The number of rotatable bonds is 3. The molecule has 0 radical (unpaired) electrons. The normalized spacial score (nSPS) is 20.2. The van der Waals surface area contributed by atoms with Gasteiger partial charge in [-0.05, 0) is 19.8 Å². The first kappa shape index (κ1) is 16.4. The van der Waals surface area contributed by atoms with E-state index in [2.05, 4.69) is 15.4 Å². The fourth-order valence-electron chi connectivity index (χ4n) is 3.24. The molecule has 1 spiro atoms. The van der Waals surface area contributed by atoms with E-state index in [9.17, 15) is 19.8 Å². The number of aliphatic hydroxyl groups excluding tert-OH is 1. The van der Waals surface area contributed by atoms with Gasteiger partial charge in [0.1, 0.15) is 11.3 Å². The van der Waals surface area contributed by atoms with E-state index in [0.717, 1.165) is 24.3 Å². The Morgan fingerprint density at radius 1 is 1.38 bits per heavy atom. The second-order valence-corrected chi connectivity index (χ2v) is 6.22. The Balaban J connectivity index is 1.89. The number of carbonyl (C=O) groups excluding carboxylic acids is 2. The van der Waals surface area contributed by atoms with Crippen molar-refractivity contribution in [1.29, 1.82) is 0 Å². The van der Waals surface area contributed by atoms with Crippen LogP contribution in [0.1, 0.15) is 48.9 Å². The molecule has 3 amide bonds. The Morgan fingerprint density at radius 2 is 2.08 bits per heavy atom. The smallest absolute Gasteiger partial charge is 0.346 e. The molecule has 3 rings (SSSR count). The van der Waals surface area contributed by atoms with Crippen LogP contribution in [-0.4, -0.2) is 43.9 Å². The van der Waals surface area contributed by atoms with Crippen molar-refractivity contribution < 1.29 is 19.8 Å². The van der Waals surface area contributed by atoms with Crippen molar-refractivity contribution in [2.45, 2.75) is 51.2 Å². The zero-order chi connectivity index (χ0) is 17.3. The quantitative estimate of drug-likeness (QED) is 0.568. The first-order valence-electron chi connectivity index (χ1n) is 7.97. The molecule has 1 aromatic rings. The molecule has 128 valence electrons. The molecule has 0 aromatic carbocycles. The average molecular weight is 332 g/mol. The Bertz CT molecular complexity index is 710. The van der Waals surface area contributed by atoms with E-state index in [-0.39, 0.29) is 23.8 Å². The fraction of sp³-hybridized carbons (Fsp3) is 0.500. The van der Waals surface area contributed by atoms with Crippen LogP contribution < -0.4 is 5.32 Å². The molecule has 3 N–H and O–H groups in total. The van der Waals surface area contributed by atoms with Gasteiger partial charge in [0.25, 0.3) is 5.91 Å². The molecule has 2 heterocycles. The topological polar surface area (TPSA) is 115 Å². The van der Waals surface area contributed by atoms with Crippen LogP contribution >= 0.6 is 0 Å². The zero-order valence-electron chi connectivity index (χ0n) is 13.4. The van der Waals surface area contributed by atoms with Crippen LogP contribution in [0.15, 0.2) is 11.3 Å². The predicted octanol–water partition coefficient (Wildman–Crippen LogP) is 1.18. The number of aryl methyl sites for hydroxylation is 1. The number of aromatic hydroxyl groups is 1. The minimum Gasteiger partial charge on any atom is -0.505 e. The van der Waals surface area contributed by atoms with Crippen LogP contribution in [0.2, 0.25) is 0 Å².